The Labute approximate surface area is 168 Å². The molecule has 0 spiro atoms. The third-order valence-electron chi connectivity index (χ3n) is 4.01. The molecule has 0 saturated carbocycles. The molecule has 1 atom stereocenters. The second kappa shape index (κ2) is 9.50. The second-order valence-electron chi connectivity index (χ2n) is 6.89. The molecule has 0 aliphatic rings. The third kappa shape index (κ3) is 5.41. The van der Waals surface area contributed by atoms with Gasteiger partial charge in [0.15, 0.2) is 0 Å². The number of hydrogen-bond donors (Lipinski definition) is 2. The van der Waals surface area contributed by atoms with Crippen molar-refractivity contribution in [1.29, 1.82) is 0 Å². The van der Waals surface area contributed by atoms with Crippen LogP contribution in [0.15, 0.2) is 18.2 Å². The zero-order chi connectivity index (χ0) is 20.8. The highest BCUT2D eigenvalue weighted by Crippen LogP contribution is 2.24. The summed E-state index contributed by atoms with van der Waals surface area (Å²) in [5.74, 6) is 0.340. The largest absolute Gasteiger partial charge is 0.497 e. The molecular formula is C19H26N4O4S. The first-order valence-electron chi connectivity index (χ1n) is 8.93. The summed E-state index contributed by atoms with van der Waals surface area (Å²) in [5.41, 5.74) is 0.340. The van der Waals surface area contributed by atoms with Crippen LogP contribution in [0.4, 0.5) is 5.13 Å². The summed E-state index contributed by atoms with van der Waals surface area (Å²) >= 11 is 1.32. The van der Waals surface area contributed by atoms with Crippen molar-refractivity contribution < 1.29 is 19.1 Å². The Hall–Kier alpha value is -2.68. The van der Waals surface area contributed by atoms with Crippen LogP contribution in [0.5, 0.6) is 11.5 Å². The molecule has 8 nitrogen and oxygen atoms in total. The number of aromatic nitrogens is 2. The van der Waals surface area contributed by atoms with Crippen molar-refractivity contribution in [2.45, 2.75) is 39.7 Å². The lowest BCUT2D eigenvalue weighted by atomic mass is 10.0. The molecule has 1 aromatic heterocycles. The minimum absolute atomic E-state index is 0.131. The number of nitrogens with zero attached hydrogens (tertiary/aromatic N) is 2. The standard InChI is InChI=1S/C19H26N4O4S/c1-10(2)15(17(25)21-19-23-22-18(28-19)11(3)4)20-16(24)12-7-13(26-5)9-14(8-12)27-6/h7-11,15H,1-6H3,(H,20,24)(H,21,23,25)/t15-/m0/s1. The van der Waals surface area contributed by atoms with Gasteiger partial charge < -0.3 is 14.8 Å². The van der Waals surface area contributed by atoms with Crippen LogP contribution >= 0.6 is 11.3 Å². The lowest BCUT2D eigenvalue weighted by Gasteiger charge is -2.21. The van der Waals surface area contributed by atoms with Gasteiger partial charge in [0, 0.05) is 17.5 Å². The molecule has 2 rings (SSSR count). The van der Waals surface area contributed by atoms with Crippen LogP contribution < -0.4 is 20.1 Å². The molecule has 0 unspecified atom stereocenters. The molecule has 152 valence electrons. The first-order chi connectivity index (χ1) is 13.2. The summed E-state index contributed by atoms with van der Waals surface area (Å²) in [6, 6.07) is 4.11. The van der Waals surface area contributed by atoms with Gasteiger partial charge >= 0.3 is 0 Å². The molecular weight excluding hydrogens is 380 g/mol. The Kier molecular flexibility index (Phi) is 7.33. The lowest BCUT2D eigenvalue weighted by Crippen LogP contribution is -2.47. The number of amides is 2. The quantitative estimate of drug-likeness (QED) is 0.698. The van der Waals surface area contributed by atoms with Crippen molar-refractivity contribution >= 4 is 28.3 Å². The summed E-state index contributed by atoms with van der Waals surface area (Å²) in [6.07, 6.45) is 0. The average molecular weight is 407 g/mol. The van der Waals surface area contributed by atoms with Gasteiger partial charge in [-0.2, -0.15) is 0 Å². The lowest BCUT2D eigenvalue weighted by molar-refractivity contribution is -0.118. The average Bonchev–Trinajstić information content (AvgIpc) is 3.13. The Morgan fingerprint density at radius 2 is 1.61 bits per heavy atom. The topological polar surface area (TPSA) is 102 Å². The van der Waals surface area contributed by atoms with Gasteiger partial charge in [-0.3, -0.25) is 14.9 Å². The van der Waals surface area contributed by atoms with Crippen LogP contribution in [0.25, 0.3) is 0 Å². The monoisotopic (exact) mass is 406 g/mol. The van der Waals surface area contributed by atoms with Crippen molar-refractivity contribution in [1.82, 2.24) is 15.5 Å². The van der Waals surface area contributed by atoms with Gasteiger partial charge in [0.1, 0.15) is 22.5 Å². The molecule has 2 aromatic rings. The maximum absolute atomic E-state index is 12.7. The number of methoxy groups -OCH3 is 2. The summed E-state index contributed by atoms with van der Waals surface area (Å²) in [5, 5.41) is 14.8. The zero-order valence-corrected chi connectivity index (χ0v) is 17.7. The molecule has 2 amide bonds. The summed E-state index contributed by atoms with van der Waals surface area (Å²) in [7, 11) is 3.02. The van der Waals surface area contributed by atoms with Crippen LogP contribution in [0.2, 0.25) is 0 Å². The number of ether oxygens (including phenoxy) is 2. The summed E-state index contributed by atoms with van der Waals surface area (Å²) in [6.45, 7) is 7.73. The SMILES string of the molecule is COc1cc(OC)cc(C(=O)N[C@H](C(=O)Nc2nnc(C(C)C)s2)C(C)C)c1. The van der Waals surface area contributed by atoms with Crippen LogP contribution in [0.3, 0.4) is 0 Å². The predicted molar refractivity (Wildman–Crippen MR) is 108 cm³/mol. The molecule has 0 aliphatic carbocycles. The van der Waals surface area contributed by atoms with Gasteiger partial charge in [-0.05, 0) is 18.1 Å². The highest BCUT2D eigenvalue weighted by Gasteiger charge is 2.26. The normalized spacial score (nSPS) is 12.0. The van der Waals surface area contributed by atoms with E-state index in [1.807, 2.05) is 27.7 Å². The van der Waals surface area contributed by atoms with E-state index in [0.717, 1.165) is 5.01 Å². The van der Waals surface area contributed by atoms with Crippen LogP contribution in [-0.2, 0) is 4.79 Å². The van der Waals surface area contributed by atoms with Crippen molar-refractivity contribution in [3.8, 4) is 11.5 Å². The highest BCUT2D eigenvalue weighted by molar-refractivity contribution is 7.15. The van der Waals surface area contributed by atoms with E-state index in [1.165, 1.54) is 25.6 Å². The Morgan fingerprint density at radius 3 is 2.07 bits per heavy atom. The predicted octanol–water partition coefficient (Wildman–Crippen LogP) is 3.07. The molecule has 0 saturated heterocycles. The van der Waals surface area contributed by atoms with Gasteiger partial charge in [-0.15, -0.1) is 10.2 Å². The minimum Gasteiger partial charge on any atom is -0.497 e. The van der Waals surface area contributed by atoms with Crippen LogP contribution in [-0.4, -0.2) is 42.3 Å². The van der Waals surface area contributed by atoms with Gasteiger partial charge in [-0.1, -0.05) is 39.0 Å². The highest BCUT2D eigenvalue weighted by atomic mass is 32.1. The Morgan fingerprint density at radius 1 is 1.00 bits per heavy atom. The number of carbonyl (C=O) groups is 2. The van der Waals surface area contributed by atoms with Gasteiger partial charge in [0.25, 0.3) is 5.91 Å². The van der Waals surface area contributed by atoms with E-state index in [4.69, 9.17) is 9.47 Å². The molecule has 9 heteroatoms. The van der Waals surface area contributed by atoms with Gasteiger partial charge in [0.2, 0.25) is 11.0 Å². The number of rotatable bonds is 8. The van der Waals surface area contributed by atoms with Crippen LogP contribution in [0.1, 0.15) is 49.0 Å². The van der Waals surface area contributed by atoms with Gasteiger partial charge in [-0.25, -0.2) is 0 Å². The molecule has 1 aromatic carbocycles. The minimum atomic E-state index is -0.740. The molecule has 0 radical (unpaired) electrons. The third-order valence-corrected chi connectivity index (χ3v) is 5.15. The maximum Gasteiger partial charge on any atom is 0.252 e. The molecule has 0 fully saturated rings. The van der Waals surface area contributed by atoms with Crippen LogP contribution in [0, 0.1) is 5.92 Å². The number of hydrogen-bond acceptors (Lipinski definition) is 7. The van der Waals surface area contributed by atoms with Crippen molar-refractivity contribution in [3.05, 3.63) is 28.8 Å². The molecule has 1 heterocycles. The smallest absolute Gasteiger partial charge is 0.252 e. The van der Waals surface area contributed by atoms with Gasteiger partial charge in [0.05, 0.1) is 14.2 Å². The first kappa shape index (κ1) is 21.6. The molecule has 28 heavy (non-hydrogen) atoms. The summed E-state index contributed by atoms with van der Waals surface area (Å²) < 4.78 is 10.4. The van der Waals surface area contributed by atoms with E-state index in [0.29, 0.717) is 22.2 Å². The Balaban J connectivity index is 2.15. The van der Waals surface area contributed by atoms with Crippen molar-refractivity contribution in [2.24, 2.45) is 5.92 Å². The fourth-order valence-corrected chi connectivity index (χ4v) is 3.15. The number of anilines is 1. The first-order valence-corrected chi connectivity index (χ1v) is 9.75. The summed E-state index contributed by atoms with van der Waals surface area (Å²) in [4.78, 5) is 25.4. The number of carbonyl (C=O) groups excluding carboxylic acids is 2. The molecule has 0 aliphatic heterocycles. The zero-order valence-electron chi connectivity index (χ0n) is 16.9. The number of benzene rings is 1. The molecule has 0 bridgehead atoms. The Bertz CT molecular complexity index is 813. The maximum atomic E-state index is 12.7. The van der Waals surface area contributed by atoms with E-state index in [9.17, 15) is 9.59 Å². The van der Waals surface area contributed by atoms with E-state index in [-0.39, 0.29) is 17.7 Å². The fourth-order valence-electron chi connectivity index (χ4n) is 2.40. The van der Waals surface area contributed by atoms with E-state index in [1.54, 1.807) is 18.2 Å². The number of nitrogens with one attached hydrogen (secondary N) is 2. The molecule has 2 N–H and O–H groups in total. The van der Waals surface area contributed by atoms with Crippen molar-refractivity contribution in [2.75, 3.05) is 19.5 Å². The van der Waals surface area contributed by atoms with E-state index >= 15 is 0 Å². The second-order valence-corrected chi connectivity index (χ2v) is 7.89. The van der Waals surface area contributed by atoms with E-state index in [2.05, 4.69) is 20.8 Å². The fraction of sp³-hybridized carbons (Fsp3) is 0.474. The van der Waals surface area contributed by atoms with E-state index < -0.39 is 11.9 Å². The van der Waals surface area contributed by atoms with Crippen molar-refractivity contribution in [3.63, 3.8) is 0 Å².